The summed E-state index contributed by atoms with van der Waals surface area (Å²) in [5, 5.41) is 0.656. The van der Waals surface area contributed by atoms with E-state index in [1.54, 1.807) is 13.2 Å². The molecule has 88 valence electrons. The number of methoxy groups -OCH3 is 1. The molecule has 0 amide bonds. The van der Waals surface area contributed by atoms with Crippen molar-refractivity contribution in [1.29, 1.82) is 0 Å². The van der Waals surface area contributed by atoms with Crippen LogP contribution in [0.1, 0.15) is 0 Å². The zero-order valence-corrected chi connectivity index (χ0v) is 12.0. The van der Waals surface area contributed by atoms with Gasteiger partial charge in [0, 0.05) is 17.2 Å². The molecule has 17 heavy (non-hydrogen) atoms. The zero-order chi connectivity index (χ0) is 12.3. The summed E-state index contributed by atoms with van der Waals surface area (Å²) in [7, 11) is 1.63. The van der Waals surface area contributed by atoms with Gasteiger partial charge in [-0.1, -0.05) is 17.7 Å². The number of ether oxygens (including phenoxy) is 2. The smallest absolute Gasteiger partial charge is 0.142 e. The van der Waals surface area contributed by atoms with Gasteiger partial charge in [-0.3, -0.25) is 0 Å². The lowest BCUT2D eigenvalue weighted by molar-refractivity contribution is 0.409. The molecule has 0 aliphatic carbocycles. The average Bonchev–Trinajstić information content (AvgIpc) is 2.34. The molecule has 2 aromatic rings. The van der Waals surface area contributed by atoms with Crippen molar-refractivity contribution < 1.29 is 9.47 Å². The summed E-state index contributed by atoms with van der Waals surface area (Å²) in [6.07, 6.45) is 0. The van der Waals surface area contributed by atoms with Gasteiger partial charge in [0.05, 0.1) is 10.7 Å². The molecule has 0 saturated heterocycles. The first kappa shape index (κ1) is 12.5. The van der Waals surface area contributed by atoms with Crippen molar-refractivity contribution in [3.8, 4) is 17.2 Å². The van der Waals surface area contributed by atoms with Gasteiger partial charge in [0.25, 0.3) is 0 Å². The summed E-state index contributed by atoms with van der Waals surface area (Å²) in [6.45, 7) is 0. The summed E-state index contributed by atoms with van der Waals surface area (Å²) >= 11 is 8.14. The van der Waals surface area contributed by atoms with E-state index in [0.717, 1.165) is 20.8 Å². The highest BCUT2D eigenvalue weighted by atomic mass is 127. The Kier molecular flexibility index (Phi) is 4.12. The summed E-state index contributed by atoms with van der Waals surface area (Å²) < 4.78 is 11.9. The van der Waals surface area contributed by atoms with Gasteiger partial charge in [0.2, 0.25) is 0 Å². The third kappa shape index (κ3) is 3.26. The first-order valence-electron chi connectivity index (χ1n) is 4.96. The molecule has 0 N–H and O–H groups in total. The van der Waals surface area contributed by atoms with E-state index in [-0.39, 0.29) is 0 Å². The fraction of sp³-hybridized carbons (Fsp3) is 0.0769. The first-order valence-corrected chi connectivity index (χ1v) is 6.41. The Hall–Kier alpha value is -0.940. The Balaban J connectivity index is 2.27. The second-order valence-corrected chi connectivity index (χ2v) is 4.95. The van der Waals surface area contributed by atoms with Crippen LogP contribution in [0, 0.1) is 3.57 Å². The first-order chi connectivity index (χ1) is 8.19. The van der Waals surface area contributed by atoms with Crippen molar-refractivity contribution in [2.75, 3.05) is 7.11 Å². The number of halogens is 2. The second kappa shape index (κ2) is 5.60. The summed E-state index contributed by atoms with van der Waals surface area (Å²) in [5.74, 6) is 2.23. The lowest BCUT2D eigenvalue weighted by atomic mass is 10.3. The monoisotopic (exact) mass is 360 g/mol. The molecule has 2 nitrogen and oxygen atoms in total. The van der Waals surface area contributed by atoms with Crippen molar-refractivity contribution in [3.05, 3.63) is 51.1 Å². The van der Waals surface area contributed by atoms with Crippen LogP contribution in [0.4, 0.5) is 0 Å². The summed E-state index contributed by atoms with van der Waals surface area (Å²) in [6, 6.07) is 13.0. The Morgan fingerprint density at radius 3 is 2.59 bits per heavy atom. The van der Waals surface area contributed by atoms with Crippen LogP contribution in [0.2, 0.25) is 5.02 Å². The Labute approximate surface area is 119 Å². The van der Waals surface area contributed by atoms with Crippen molar-refractivity contribution in [3.63, 3.8) is 0 Å². The third-order valence-electron chi connectivity index (χ3n) is 2.16. The van der Waals surface area contributed by atoms with Crippen LogP contribution in [-0.2, 0) is 0 Å². The Bertz CT molecular complexity index is 529. The quantitative estimate of drug-likeness (QED) is 0.736. The van der Waals surface area contributed by atoms with Crippen molar-refractivity contribution in [2.45, 2.75) is 0 Å². The minimum Gasteiger partial charge on any atom is -0.497 e. The lowest BCUT2D eigenvalue weighted by Crippen LogP contribution is -1.88. The van der Waals surface area contributed by atoms with Gasteiger partial charge in [0.15, 0.2) is 0 Å². The maximum Gasteiger partial charge on any atom is 0.142 e. The van der Waals surface area contributed by atoms with E-state index in [1.165, 1.54) is 0 Å². The minimum atomic E-state index is 0.656. The summed E-state index contributed by atoms with van der Waals surface area (Å²) in [5.41, 5.74) is 0. The molecule has 0 atom stereocenters. The van der Waals surface area contributed by atoms with Crippen LogP contribution in [-0.4, -0.2) is 7.11 Å². The van der Waals surface area contributed by atoms with Crippen LogP contribution >= 0.6 is 34.2 Å². The lowest BCUT2D eigenvalue weighted by Gasteiger charge is -2.09. The van der Waals surface area contributed by atoms with Gasteiger partial charge in [-0.15, -0.1) is 0 Å². The highest BCUT2D eigenvalue weighted by molar-refractivity contribution is 14.1. The van der Waals surface area contributed by atoms with E-state index < -0.39 is 0 Å². The molecule has 0 aromatic heterocycles. The second-order valence-electron chi connectivity index (χ2n) is 3.36. The van der Waals surface area contributed by atoms with E-state index in [4.69, 9.17) is 21.1 Å². The molecule has 0 fully saturated rings. The number of hydrogen-bond donors (Lipinski definition) is 0. The number of benzene rings is 2. The Morgan fingerprint density at radius 1 is 1.06 bits per heavy atom. The maximum atomic E-state index is 5.93. The average molecular weight is 361 g/mol. The minimum absolute atomic E-state index is 0.656. The van der Waals surface area contributed by atoms with Gasteiger partial charge >= 0.3 is 0 Å². The molecule has 0 saturated carbocycles. The van der Waals surface area contributed by atoms with Crippen LogP contribution in [0.5, 0.6) is 17.2 Å². The molecule has 0 aliphatic heterocycles. The van der Waals surface area contributed by atoms with Crippen LogP contribution in [0.3, 0.4) is 0 Å². The molecule has 0 radical (unpaired) electrons. The molecule has 4 heteroatoms. The largest absolute Gasteiger partial charge is 0.497 e. The predicted molar refractivity (Wildman–Crippen MR) is 77.2 cm³/mol. The maximum absolute atomic E-state index is 5.93. The van der Waals surface area contributed by atoms with Gasteiger partial charge in [-0.25, -0.2) is 0 Å². The molecule has 0 aliphatic rings. The van der Waals surface area contributed by atoms with E-state index in [9.17, 15) is 0 Å². The van der Waals surface area contributed by atoms with Gasteiger partial charge in [-0.2, -0.15) is 0 Å². The highest BCUT2D eigenvalue weighted by Gasteiger charge is 2.04. The van der Waals surface area contributed by atoms with Crippen LogP contribution in [0.15, 0.2) is 42.5 Å². The fourth-order valence-electron chi connectivity index (χ4n) is 1.35. The topological polar surface area (TPSA) is 18.5 Å². The van der Waals surface area contributed by atoms with Gasteiger partial charge in [0.1, 0.15) is 17.2 Å². The normalized spacial score (nSPS) is 10.1. The molecule has 0 bridgehead atoms. The molecule has 0 unspecified atom stereocenters. The van der Waals surface area contributed by atoms with Crippen molar-refractivity contribution in [2.24, 2.45) is 0 Å². The molecular weight excluding hydrogens is 350 g/mol. The fourth-order valence-corrected chi connectivity index (χ4v) is 1.95. The van der Waals surface area contributed by atoms with Crippen molar-refractivity contribution >= 4 is 34.2 Å². The predicted octanol–water partition coefficient (Wildman–Crippen LogP) is 4.75. The van der Waals surface area contributed by atoms with E-state index in [0.29, 0.717) is 5.02 Å². The molecule has 2 rings (SSSR count). The third-order valence-corrected chi connectivity index (χ3v) is 3.29. The van der Waals surface area contributed by atoms with E-state index >= 15 is 0 Å². The summed E-state index contributed by atoms with van der Waals surface area (Å²) in [4.78, 5) is 0. The van der Waals surface area contributed by atoms with Crippen molar-refractivity contribution in [1.82, 2.24) is 0 Å². The Morgan fingerprint density at radius 2 is 1.82 bits per heavy atom. The molecule has 0 spiro atoms. The SMILES string of the molecule is COc1cccc(Oc2cc(Cl)ccc2I)c1. The van der Waals surface area contributed by atoms with E-state index in [1.807, 2.05) is 36.4 Å². The van der Waals surface area contributed by atoms with Crippen LogP contribution in [0.25, 0.3) is 0 Å². The number of rotatable bonds is 3. The van der Waals surface area contributed by atoms with E-state index in [2.05, 4.69) is 22.6 Å². The van der Waals surface area contributed by atoms with Crippen LogP contribution < -0.4 is 9.47 Å². The van der Waals surface area contributed by atoms with Gasteiger partial charge < -0.3 is 9.47 Å². The molecule has 0 heterocycles. The molecular formula is C13H10ClIO2. The number of hydrogen-bond acceptors (Lipinski definition) is 2. The molecule has 2 aromatic carbocycles. The standard InChI is InChI=1S/C13H10ClIO2/c1-16-10-3-2-4-11(8-10)17-13-7-9(14)5-6-12(13)15/h2-8H,1H3. The zero-order valence-electron chi connectivity index (χ0n) is 9.11. The van der Waals surface area contributed by atoms with Gasteiger partial charge in [-0.05, 0) is 46.9 Å². The highest BCUT2D eigenvalue weighted by Crippen LogP contribution is 2.30.